The highest BCUT2D eigenvalue weighted by molar-refractivity contribution is 6.29. The van der Waals surface area contributed by atoms with Crippen LogP contribution in [-0.2, 0) is 15.1 Å². The third-order valence-corrected chi connectivity index (χ3v) is 3.41. The summed E-state index contributed by atoms with van der Waals surface area (Å²) in [5.41, 5.74) is 1.61. The summed E-state index contributed by atoms with van der Waals surface area (Å²) in [5.74, 6) is 0. The SMILES string of the molecule is CN1COC2(CCOC2)c2nc(Cl)ccc21. The number of hydrogen-bond acceptors (Lipinski definition) is 4. The quantitative estimate of drug-likeness (QED) is 0.648. The van der Waals surface area contributed by atoms with Gasteiger partial charge in [-0.25, -0.2) is 4.98 Å². The summed E-state index contributed by atoms with van der Waals surface area (Å²) in [6.45, 7) is 1.86. The van der Waals surface area contributed by atoms with Crippen molar-refractivity contribution >= 4 is 17.3 Å². The summed E-state index contributed by atoms with van der Waals surface area (Å²) in [5, 5.41) is 0.504. The van der Waals surface area contributed by atoms with Crippen molar-refractivity contribution in [2.75, 3.05) is 31.9 Å². The third-order valence-electron chi connectivity index (χ3n) is 3.20. The second-order valence-electron chi connectivity index (χ2n) is 4.27. The Morgan fingerprint density at radius 1 is 1.50 bits per heavy atom. The number of fused-ring (bicyclic) bond motifs is 2. The van der Waals surface area contributed by atoms with Crippen LogP contribution in [0.5, 0.6) is 0 Å². The summed E-state index contributed by atoms with van der Waals surface area (Å²) in [6.07, 6.45) is 0.848. The number of pyridine rings is 1. The Bertz CT molecular complexity index is 418. The first kappa shape index (κ1) is 10.3. The van der Waals surface area contributed by atoms with Gasteiger partial charge in [0.15, 0.2) is 0 Å². The van der Waals surface area contributed by atoms with Gasteiger partial charge < -0.3 is 14.4 Å². The van der Waals surface area contributed by atoms with Crippen molar-refractivity contribution < 1.29 is 9.47 Å². The van der Waals surface area contributed by atoms with E-state index < -0.39 is 0 Å². The minimum atomic E-state index is -0.382. The first-order valence-electron chi connectivity index (χ1n) is 5.31. The van der Waals surface area contributed by atoms with Crippen molar-refractivity contribution in [2.45, 2.75) is 12.0 Å². The molecular weight excluding hydrogens is 228 g/mol. The van der Waals surface area contributed by atoms with E-state index >= 15 is 0 Å². The lowest BCUT2D eigenvalue weighted by molar-refractivity contribution is -0.0636. The highest BCUT2D eigenvalue weighted by atomic mass is 35.5. The molecule has 1 aromatic heterocycles. The zero-order valence-electron chi connectivity index (χ0n) is 9.07. The number of nitrogens with zero attached hydrogens (tertiary/aromatic N) is 2. The van der Waals surface area contributed by atoms with E-state index in [0.717, 1.165) is 24.4 Å². The van der Waals surface area contributed by atoms with Gasteiger partial charge in [0.1, 0.15) is 17.5 Å². The maximum absolute atomic E-state index is 5.96. The topological polar surface area (TPSA) is 34.6 Å². The van der Waals surface area contributed by atoms with Gasteiger partial charge in [0.25, 0.3) is 0 Å². The molecule has 0 aromatic carbocycles. The van der Waals surface area contributed by atoms with Crippen molar-refractivity contribution in [1.29, 1.82) is 0 Å². The minimum Gasteiger partial charge on any atom is -0.378 e. The van der Waals surface area contributed by atoms with Crippen molar-refractivity contribution in [3.63, 3.8) is 0 Å². The van der Waals surface area contributed by atoms with Gasteiger partial charge in [0, 0.05) is 20.1 Å². The Morgan fingerprint density at radius 2 is 2.38 bits per heavy atom. The number of anilines is 1. The minimum absolute atomic E-state index is 0.382. The molecule has 2 aliphatic heterocycles. The van der Waals surface area contributed by atoms with E-state index in [9.17, 15) is 0 Å². The normalized spacial score (nSPS) is 28.5. The number of rotatable bonds is 0. The average molecular weight is 241 g/mol. The number of hydrogen-bond donors (Lipinski definition) is 0. The van der Waals surface area contributed by atoms with Gasteiger partial charge >= 0.3 is 0 Å². The molecule has 1 spiro atoms. The maximum Gasteiger partial charge on any atom is 0.140 e. The molecule has 5 heteroatoms. The molecule has 0 aliphatic carbocycles. The summed E-state index contributed by atoms with van der Waals surface area (Å²) in [6, 6.07) is 3.80. The van der Waals surface area contributed by atoms with Crippen LogP contribution < -0.4 is 4.90 Å². The molecule has 0 bridgehead atoms. The van der Waals surface area contributed by atoms with Gasteiger partial charge in [0.05, 0.1) is 18.0 Å². The molecule has 0 saturated carbocycles. The molecule has 0 amide bonds. The van der Waals surface area contributed by atoms with Crippen LogP contribution in [0, 0.1) is 0 Å². The van der Waals surface area contributed by atoms with E-state index in [1.54, 1.807) is 0 Å². The molecule has 3 heterocycles. The zero-order chi connectivity index (χ0) is 11.2. The Morgan fingerprint density at radius 3 is 3.12 bits per heavy atom. The van der Waals surface area contributed by atoms with E-state index in [1.807, 2.05) is 24.1 Å². The lowest BCUT2D eigenvalue weighted by Gasteiger charge is -2.38. The first-order chi connectivity index (χ1) is 7.71. The van der Waals surface area contributed by atoms with E-state index in [0.29, 0.717) is 18.5 Å². The lowest BCUT2D eigenvalue weighted by Crippen LogP contribution is -2.42. The van der Waals surface area contributed by atoms with Crippen molar-refractivity contribution in [2.24, 2.45) is 0 Å². The molecular formula is C11H13ClN2O2. The zero-order valence-corrected chi connectivity index (χ0v) is 9.83. The van der Waals surface area contributed by atoms with Crippen LogP contribution in [-0.4, -0.2) is 32.0 Å². The van der Waals surface area contributed by atoms with Crippen LogP contribution >= 0.6 is 11.6 Å². The smallest absolute Gasteiger partial charge is 0.140 e. The summed E-state index contributed by atoms with van der Waals surface area (Å²) < 4.78 is 11.3. The highest BCUT2D eigenvalue weighted by Crippen LogP contribution is 2.42. The number of halogens is 1. The monoisotopic (exact) mass is 240 g/mol. The lowest BCUT2D eigenvalue weighted by atomic mass is 9.95. The molecule has 1 unspecified atom stereocenters. The van der Waals surface area contributed by atoms with Gasteiger partial charge in [-0.1, -0.05) is 11.6 Å². The standard InChI is InChI=1S/C11H13ClN2O2/c1-14-7-16-11(4-5-15-6-11)10-8(14)2-3-9(12)13-10/h2-3H,4-7H2,1H3. The molecule has 3 rings (SSSR count). The van der Waals surface area contributed by atoms with Gasteiger partial charge in [-0.2, -0.15) is 0 Å². The summed E-state index contributed by atoms with van der Waals surface area (Å²) >= 11 is 5.96. The average Bonchev–Trinajstić information content (AvgIpc) is 2.74. The number of ether oxygens (including phenoxy) is 2. The van der Waals surface area contributed by atoms with Gasteiger partial charge in [0.2, 0.25) is 0 Å². The molecule has 0 radical (unpaired) electrons. The van der Waals surface area contributed by atoms with Crippen LogP contribution in [0.25, 0.3) is 0 Å². The fourth-order valence-electron chi connectivity index (χ4n) is 2.28. The molecule has 86 valence electrons. The summed E-state index contributed by atoms with van der Waals surface area (Å²) in [4.78, 5) is 6.45. The molecule has 1 fully saturated rings. The molecule has 2 aliphatic rings. The fourth-order valence-corrected chi connectivity index (χ4v) is 2.42. The van der Waals surface area contributed by atoms with E-state index in [-0.39, 0.29) is 5.60 Å². The van der Waals surface area contributed by atoms with Crippen LogP contribution in [0.1, 0.15) is 12.1 Å². The molecule has 0 N–H and O–H groups in total. The van der Waals surface area contributed by atoms with Gasteiger partial charge in [-0.15, -0.1) is 0 Å². The van der Waals surface area contributed by atoms with Crippen LogP contribution in [0.3, 0.4) is 0 Å². The van der Waals surface area contributed by atoms with Crippen LogP contribution in [0.4, 0.5) is 5.69 Å². The van der Waals surface area contributed by atoms with E-state index in [4.69, 9.17) is 21.1 Å². The Hall–Kier alpha value is -0.840. The molecule has 4 nitrogen and oxygen atoms in total. The Kier molecular flexibility index (Phi) is 2.31. The van der Waals surface area contributed by atoms with Gasteiger partial charge in [-0.05, 0) is 12.1 Å². The van der Waals surface area contributed by atoms with Crippen LogP contribution in [0.2, 0.25) is 5.15 Å². The van der Waals surface area contributed by atoms with Crippen molar-refractivity contribution in [3.8, 4) is 0 Å². The summed E-state index contributed by atoms with van der Waals surface area (Å²) in [7, 11) is 1.98. The molecule has 16 heavy (non-hydrogen) atoms. The Balaban J connectivity index is 2.14. The third kappa shape index (κ3) is 1.41. The Labute approximate surface area is 99.1 Å². The molecule has 1 atom stereocenters. The molecule has 1 aromatic rings. The van der Waals surface area contributed by atoms with Gasteiger partial charge in [-0.3, -0.25) is 0 Å². The fraction of sp³-hybridized carbons (Fsp3) is 0.545. The largest absolute Gasteiger partial charge is 0.378 e. The van der Waals surface area contributed by atoms with E-state index in [1.165, 1.54) is 0 Å². The predicted molar refractivity (Wildman–Crippen MR) is 60.7 cm³/mol. The van der Waals surface area contributed by atoms with Crippen molar-refractivity contribution in [3.05, 3.63) is 23.0 Å². The predicted octanol–water partition coefficient (Wildman–Crippen LogP) is 1.77. The second-order valence-corrected chi connectivity index (χ2v) is 4.66. The first-order valence-corrected chi connectivity index (χ1v) is 5.69. The maximum atomic E-state index is 5.96. The number of aromatic nitrogens is 1. The highest BCUT2D eigenvalue weighted by Gasteiger charge is 2.44. The van der Waals surface area contributed by atoms with Crippen LogP contribution in [0.15, 0.2) is 12.1 Å². The molecule has 1 saturated heterocycles. The van der Waals surface area contributed by atoms with E-state index in [2.05, 4.69) is 4.98 Å². The van der Waals surface area contributed by atoms with Crippen molar-refractivity contribution in [1.82, 2.24) is 4.98 Å². The second kappa shape index (κ2) is 3.58.